The first-order valence-corrected chi connectivity index (χ1v) is 10.5. The molecule has 1 aliphatic heterocycles. The number of benzene rings is 1. The van der Waals surface area contributed by atoms with Gasteiger partial charge in [0.25, 0.3) is 5.97 Å². The molecule has 4 heteroatoms. The predicted octanol–water partition coefficient (Wildman–Crippen LogP) is 4.11. The summed E-state index contributed by atoms with van der Waals surface area (Å²) in [6.45, 7) is 12.8. The van der Waals surface area contributed by atoms with Crippen LogP contribution in [0.4, 0.5) is 0 Å². The Bertz CT molecular complexity index is 480. The van der Waals surface area contributed by atoms with Crippen LogP contribution in [0.3, 0.4) is 0 Å². The molecule has 0 amide bonds. The van der Waals surface area contributed by atoms with Crippen LogP contribution in [-0.2, 0) is 19.5 Å². The zero-order valence-corrected chi connectivity index (χ0v) is 14.6. The van der Waals surface area contributed by atoms with Crippen molar-refractivity contribution in [2.75, 3.05) is 7.11 Å². The summed E-state index contributed by atoms with van der Waals surface area (Å²) >= 11 is 0. The fourth-order valence-corrected chi connectivity index (χ4v) is 4.02. The van der Waals surface area contributed by atoms with E-state index in [0.29, 0.717) is 0 Å². The molecule has 0 N–H and O–H groups in total. The molecule has 2 atom stereocenters. The summed E-state index contributed by atoms with van der Waals surface area (Å²) in [4.78, 5) is 0. The summed E-state index contributed by atoms with van der Waals surface area (Å²) in [7, 11) is -0.126. The summed E-state index contributed by atoms with van der Waals surface area (Å²) in [5.74, 6) is -0.956. The first kappa shape index (κ1) is 15.7. The second kappa shape index (κ2) is 4.66. The molecule has 0 aromatic heterocycles. The zero-order chi connectivity index (χ0) is 15.2. The van der Waals surface area contributed by atoms with Crippen LogP contribution in [0, 0.1) is 5.41 Å². The van der Waals surface area contributed by atoms with Crippen molar-refractivity contribution in [3.05, 3.63) is 35.9 Å². The van der Waals surface area contributed by atoms with Crippen molar-refractivity contribution in [2.45, 2.75) is 52.0 Å². The zero-order valence-electron chi connectivity index (χ0n) is 13.6. The minimum atomic E-state index is -1.79. The van der Waals surface area contributed by atoms with Crippen LogP contribution in [0.1, 0.15) is 26.3 Å². The van der Waals surface area contributed by atoms with Gasteiger partial charge in [-0.25, -0.2) is 0 Å². The molecule has 0 spiro atoms. The highest BCUT2D eigenvalue weighted by Gasteiger charge is 2.72. The van der Waals surface area contributed by atoms with E-state index in [9.17, 15) is 0 Å². The van der Waals surface area contributed by atoms with Gasteiger partial charge in [-0.3, -0.25) is 0 Å². The van der Waals surface area contributed by atoms with E-state index in [1.165, 1.54) is 0 Å². The maximum Gasteiger partial charge on any atom is 0.282 e. The van der Waals surface area contributed by atoms with E-state index in [2.05, 4.69) is 52.5 Å². The molecule has 2 unspecified atom stereocenters. The Morgan fingerprint density at radius 3 is 1.95 bits per heavy atom. The molecule has 1 heterocycles. The van der Waals surface area contributed by atoms with Crippen LogP contribution >= 0.6 is 0 Å². The fourth-order valence-electron chi connectivity index (χ4n) is 2.84. The normalized spacial score (nSPS) is 32.8. The average Bonchev–Trinajstić information content (AvgIpc) is 2.37. The lowest BCUT2D eigenvalue weighted by Gasteiger charge is -2.66. The highest BCUT2D eigenvalue weighted by atomic mass is 28.4. The lowest BCUT2D eigenvalue weighted by atomic mass is 9.65. The van der Waals surface area contributed by atoms with Gasteiger partial charge in [0.1, 0.15) is 5.60 Å². The molecule has 1 aromatic carbocycles. The lowest BCUT2D eigenvalue weighted by Crippen LogP contribution is -2.74. The summed E-state index contributed by atoms with van der Waals surface area (Å²) in [6.07, 6.45) is 0. The molecule has 0 radical (unpaired) electrons. The van der Waals surface area contributed by atoms with E-state index in [1.54, 1.807) is 7.11 Å². The third-order valence-electron chi connectivity index (χ3n) is 4.33. The minimum absolute atomic E-state index is 0.281. The third kappa shape index (κ3) is 2.15. The molecular formula is C16H26O3Si. The largest absolute Gasteiger partial charge is 0.369 e. The van der Waals surface area contributed by atoms with Crippen LogP contribution in [0.2, 0.25) is 19.6 Å². The first-order chi connectivity index (χ1) is 9.08. The highest BCUT2D eigenvalue weighted by Crippen LogP contribution is 2.63. The molecular weight excluding hydrogens is 268 g/mol. The Hall–Kier alpha value is -0.683. The van der Waals surface area contributed by atoms with Gasteiger partial charge in [0, 0.05) is 7.11 Å². The molecule has 0 saturated carbocycles. The van der Waals surface area contributed by atoms with E-state index in [-0.39, 0.29) is 5.41 Å². The maximum atomic E-state index is 6.24. The van der Waals surface area contributed by atoms with E-state index < -0.39 is 19.9 Å². The van der Waals surface area contributed by atoms with Gasteiger partial charge < -0.3 is 13.9 Å². The van der Waals surface area contributed by atoms with Crippen molar-refractivity contribution in [2.24, 2.45) is 5.41 Å². The van der Waals surface area contributed by atoms with Crippen molar-refractivity contribution in [1.29, 1.82) is 0 Å². The number of methoxy groups -OCH3 is 1. The third-order valence-corrected chi connectivity index (χ3v) is 5.21. The fraction of sp³-hybridized carbons (Fsp3) is 0.625. The number of rotatable bonds is 4. The second-order valence-corrected chi connectivity index (χ2v) is 11.5. The average molecular weight is 294 g/mol. The second-order valence-electron chi connectivity index (χ2n) is 7.10. The van der Waals surface area contributed by atoms with Gasteiger partial charge in [-0.15, -0.1) is 0 Å². The van der Waals surface area contributed by atoms with Gasteiger partial charge in [-0.1, -0.05) is 30.3 Å². The number of hydrogen-bond acceptors (Lipinski definition) is 3. The van der Waals surface area contributed by atoms with Crippen LogP contribution in [0.15, 0.2) is 30.3 Å². The number of hydrogen-bond donors (Lipinski definition) is 0. The highest BCUT2D eigenvalue weighted by molar-refractivity contribution is 6.69. The van der Waals surface area contributed by atoms with Gasteiger partial charge >= 0.3 is 0 Å². The molecule has 1 saturated heterocycles. The quantitative estimate of drug-likeness (QED) is 0.618. The van der Waals surface area contributed by atoms with Crippen molar-refractivity contribution in [1.82, 2.24) is 0 Å². The van der Waals surface area contributed by atoms with E-state index >= 15 is 0 Å². The van der Waals surface area contributed by atoms with Crippen molar-refractivity contribution in [3.8, 4) is 0 Å². The Morgan fingerprint density at radius 2 is 1.55 bits per heavy atom. The Morgan fingerprint density at radius 1 is 1.00 bits per heavy atom. The minimum Gasteiger partial charge on any atom is -0.369 e. The van der Waals surface area contributed by atoms with Crippen LogP contribution in [0.5, 0.6) is 0 Å². The Balaban J connectivity index is 2.36. The SMILES string of the molecule is COC1(O[Si](C)(C)C)OC(C)(c2ccccc2)C1(C)C. The molecule has 0 bridgehead atoms. The Labute approximate surface area is 123 Å². The monoisotopic (exact) mass is 294 g/mol. The molecule has 2 rings (SSSR count). The van der Waals surface area contributed by atoms with Crippen molar-refractivity contribution >= 4 is 8.32 Å². The molecule has 20 heavy (non-hydrogen) atoms. The van der Waals surface area contributed by atoms with Gasteiger partial charge in [0.2, 0.25) is 0 Å². The molecule has 0 aliphatic carbocycles. The Kier molecular flexibility index (Phi) is 3.66. The van der Waals surface area contributed by atoms with Crippen LogP contribution in [-0.4, -0.2) is 21.4 Å². The van der Waals surface area contributed by atoms with Gasteiger partial charge in [-0.2, -0.15) is 0 Å². The smallest absolute Gasteiger partial charge is 0.282 e. The maximum absolute atomic E-state index is 6.24. The summed E-state index contributed by atoms with van der Waals surface area (Å²) in [6, 6.07) is 10.3. The van der Waals surface area contributed by atoms with Gasteiger partial charge in [0.15, 0.2) is 8.32 Å². The number of ether oxygens (including phenoxy) is 2. The van der Waals surface area contributed by atoms with E-state index in [1.807, 2.05) is 18.2 Å². The summed E-state index contributed by atoms with van der Waals surface area (Å²) < 4.78 is 18.1. The topological polar surface area (TPSA) is 27.7 Å². The van der Waals surface area contributed by atoms with E-state index in [4.69, 9.17) is 13.9 Å². The summed E-state index contributed by atoms with van der Waals surface area (Å²) in [5, 5.41) is 0. The summed E-state index contributed by atoms with van der Waals surface area (Å²) in [5.41, 5.74) is 0.456. The molecule has 1 fully saturated rings. The van der Waals surface area contributed by atoms with Crippen LogP contribution in [0.25, 0.3) is 0 Å². The van der Waals surface area contributed by atoms with Gasteiger partial charge in [-0.05, 0) is 46.0 Å². The molecule has 3 nitrogen and oxygen atoms in total. The standard InChI is InChI=1S/C16H26O3Si/c1-14(2)15(3,13-11-9-8-10-12-13)18-16(14,17-4)19-20(5,6)7/h8-12H,1-7H3. The van der Waals surface area contributed by atoms with E-state index in [0.717, 1.165) is 5.56 Å². The predicted molar refractivity (Wildman–Crippen MR) is 82.8 cm³/mol. The van der Waals surface area contributed by atoms with Crippen molar-refractivity contribution in [3.63, 3.8) is 0 Å². The van der Waals surface area contributed by atoms with Gasteiger partial charge in [0.05, 0.1) is 5.41 Å². The van der Waals surface area contributed by atoms with Crippen LogP contribution < -0.4 is 0 Å². The first-order valence-electron chi connectivity index (χ1n) is 7.09. The van der Waals surface area contributed by atoms with Crippen molar-refractivity contribution < 1.29 is 13.9 Å². The molecule has 1 aromatic rings. The molecule has 112 valence electrons. The lowest BCUT2D eigenvalue weighted by molar-refractivity contribution is -0.533. The molecule has 1 aliphatic rings.